The normalized spacial score (nSPS) is 26.5. The number of rotatable bonds is 0. The number of nitrogens with zero attached hydrogens (tertiary/aromatic N) is 2. The molecule has 0 aliphatic carbocycles. The minimum absolute atomic E-state index is 0.0378. The molecule has 1 spiro atoms. The molecule has 5 nitrogen and oxygen atoms in total. The Morgan fingerprint density at radius 3 is 2.54 bits per heavy atom. The third-order valence-corrected chi connectivity index (χ3v) is 5.55. The number of likely N-dealkylation sites (tertiary alicyclic amines) is 1. The summed E-state index contributed by atoms with van der Waals surface area (Å²) in [6, 6.07) is 1.26. The zero-order valence-electron chi connectivity index (χ0n) is 13.4. The third-order valence-electron chi connectivity index (χ3n) is 4.70. The molecule has 132 valence electrons. The second-order valence-corrected chi connectivity index (χ2v) is 8.45. The molecule has 3 heterocycles. The average molecular weight is 425 g/mol. The number of nitrogens with one attached hydrogen (secondary N) is 1. The molecule has 1 fully saturated rings. The summed E-state index contributed by atoms with van der Waals surface area (Å²) in [7, 11) is 0. The van der Waals surface area contributed by atoms with E-state index in [2.05, 4.69) is 21.2 Å². The lowest BCUT2D eigenvalue weighted by Crippen LogP contribution is -2.70. The number of carbonyl (C=O) groups excluding carboxylic acids is 1. The van der Waals surface area contributed by atoms with Crippen molar-refractivity contribution in [3.63, 3.8) is 0 Å². The van der Waals surface area contributed by atoms with Gasteiger partial charge in [-0.3, -0.25) is 19.1 Å². The Kier molecular flexibility index (Phi) is 3.90. The van der Waals surface area contributed by atoms with Crippen molar-refractivity contribution in [2.24, 2.45) is 0 Å². The lowest BCUT2D eigenvalue weighted by Gasteiger charge is -2.50. The van der Waals surface area contributed by atoms with Crippen LogP contribution in [0.5, 0.6) is 0 Å². The van der Waals surface area contributed by atoms with Gasteiger partial charge < -0.3 is 5.32 Å². The highest BCUT2D eigenvalue weighted by molar-refractivity contribution is 9.10. The van der Waals surface area contributed by atoms with E-state index in [1.165, 1.54) is 6.07 Å². The first-order chi connectivity index (χ1) is 10.9. The summed E-state index contributed by atoms with van der Waals surface area (Å²) < 4.78 is 30.8. The van der Waals surface area contributed by atoms with Crippen molar-refractivity contribution in [3.8, 4) is 0 Å². The summed E-state index contributed by atoms with van der Waals surface area (Å²) in [6.07, 6.45) is -0.472. The van der Waals surface area contributed by atoms with E-state index < -0.39 is 35.0 Å². The number of fused-ring (bicyclic) bond motifs is 2. The summed E-state index contributed by atoms with van der Waals surface area (Å²) in [6.45, 7) is 5.68. The smallest absolute Gasteiger partial charge is 0.291 e. The fraction of sp³-hybridized carbons (Fsp3) is 0.600. The Morgan fingerprint density at radius 2 is 1.96 bits per heavy atom. The molecule has 1 N–H and O–H groups in total. The fourth-order valence-electron chi connectivity index (χ4n) is 3.32. The number of pyridine rings is 1. The number of aromatic nitrogens is 1. The number of hydrogen-bond donors (Lipinski definition) is 1. The maximum atomic E-state index is 15.0. The van der Waals surface area contributed by atoms with Crippen LogP contribution in [-0.4, -0.2) is 39.9 Å². The molecule has 0 radical (unpaired) electrons. The van der Waals surface area contributed by atoms with E-state index in [9.17, 15) is 18.4 Å². The van der Waals surface area contributed by atoms with Crippen molar-refractivity contribution >= 4 is 33.4 Å². The Morgan fingerprint density at radius 1 is 1.33 bits per heavy atom. The van der Waals surface area contributed by atoms with E-state index in [1.54, 1.807) is 0 Å². The Balaban J connectivity index is 2.28. The summed E-state index contributed by atoms with van der Waals surface area (Å²) in [5.74, 6) is -4.05. The SMILES string of the molecule is CC(C)(C)N1CCC(F)(F)C2(C1)NC(=O)c1c(Cl)cc(Br)c(=O)n12. The van der Waals surface area contributed by atoms with Crippen LogP contribution in [0.3, 0.4) is 0 Å². The largest absolute Gasteiger partial charge is 0.321 e. The number of hydrogen-bond acceptors (Lipinski definition) is 3. The number of carbonyl (C=O) groups is 1. The second-order valence-electron chi connectivity index (χ2n) is 7.19. The predicted molar refractivity (Wildman–Crippen MR) is 89.7 cm³/mol. The van der Waals surface area contributed by atoms with Crippen LogP contribution in [-0.2, 0) is 5.66 Å². The van der Waals surface area contributed by atoms with Crippen LogP contribution in [0, 0.1) is 0 Å². The maximum absolute atomic E-state index is 15.0. The molecule has 1 aromatic rings. The van der Waals surface area contributed by atoms with Crippen molar-refractivity contribution in [1.29, 1.82) is 0 Å². The van der Waals surface area contributed by atoms with Crippen LogP contribution in [0.15, 0.2) is 15.3 Å². The van der Waals surface area contributed by atoms with Gasteiger partial charge in [0.25, 0.3) is 17.4 Å². The van der Waals surface area contributed by atoms with Gasteiger partial charge in [-0.1, -0.05) is 11.6 Å². The molecule has 9 heteroatoms. The van der Waals surface area contributed by atoms with E-state index in [-0.39, 0.29) is 28.3 Å². The van der Waals surface area contributed by atoms with Crippen molar-refractivity contribution < 1.29 is 13.6 Å². The van der Waals surface area contributed by atoms with Crippen LogP contribution in [0.25, 0.3) is 0 Å². The van der Waals surface area contributed by atoms with Gasteiger partial charge in [-0.2, -0.15) is 0 Å². The van der Waals surface area contributed by atoms with Gasteiger partial charge in [0, 0.05) is 25.0 Å². The molecule has 0 saturated carbocycles. The van der Waals surface area contributed by atoms with Crippen LogP contribution in [0.1, 0.15) is 37.7 Å². The van der Waals surface area contributed by atoms with Crippen LogP contribution >= 0.6 is 27.5 Å². The zero-order valence-corrected chi connectivity index (χ0v) is 15.8. The van der Waals surface area contributed by atoms with Crippen LogP contribution in [0.4, 0.5) is 8.78 Å². The molecule has 2 aliphatic heterocycles. The Bertz CT molecular complexity index is 790. The molecule has 0 aromatic carbocycles. The molecular formula is C15H17BrClF2N3O2. The van der Waals surface area contributed by atoms with E-state index >= 15 is 0 Å². The molecule has 1 amide bonds. The van der Waals surface area contributed by atoms with Crippen LogP contribution in [0.2, 0.25) is 5.02 Å². The average Bonchev–Trinajstić information content (AvgIpc) is 2.73. The summed E-state index contributed by atoms with van der Waals surface area (Å²) in [5, 5.41) is 2.32. The highest BCUT2D eigenvalue weighted by Crippen LogP contribution is 2.45. The molecule has 2 aliphatic rings. The minimum atomic E-state index is -3.29. The lowest BCUT2D eigenvalue weighted by atomic mass is 9.90. The molecule has 24 heavy (non-hydrogen) atoms. The number of halogens is 4. The summed E-state index contributed by atoms with van der Waals surface area (Å²) >= 11 is 9.10. The van der Waals surface area contributed by atoms with Crippen molar-refractivity contribution in [2.45, 2.75) is 44.3 Å². The molecule has 0 bridgehead atoms. The van der Waals surface area contributed by atoms with Gasteiger partial charge >= 0.3 is 0 Å². The zero-order chi connectivity index (χ0) is 18.1. The molecule has 1 saturated heterocycles. The van der Waals surface area contributed by atoms with E-state index in [4.69, 9.17) is 11.6 Å². The molecule has 3 rings (SSSR count). The maximum Gasteiger partial charge on any atom is 0.291 e. The van der Waals surface area contributed by atoms with E-state index in [1.807, 2.05) is 25.7 Å². The standard InChI is InChI=1S/C15H17BrClF2N3O2/c1-13(2,3)21-5-4-14(18,19)15(7-21)20-11(23)10-9(17)6-8(16)12(24)22(10)15/h6H,4-5,7H2,1-3H3,(H,20,23). The van der Waals surface area contributed by atoms with E-state index in [0.717, 1.165) is 4.57 Å². The fourth-order valence-corrected chi connectivity index (χ4v) is 4.14. The Labute approximate surface area is 151 Å². The highest BCUT2D eigenvalue weighted by atomic mass is 79.9. The lowest BCUT2D eigenvalue weighted by molar-refractivity contribution is -0.174. The van der Waals surface area contributed by atoms with Crippen molar-refractivity contribution in [3.05, 3.63) is 31.6 Å². The Hall–Kier alpha value is -0.990. The van der Waals surface area contributed by atoms with Gasteiger partial charge in [0.15, 0.2) is 5.66 Å². The van der Waals surface area contributed by atoms with Crippen molar-refractivity contribution in [1.82, 2.24) is 14.8 Å². The van der Waals surface area contributed by atoms with Crippen LogP contribution < -0.4 is 10.9 Å². The molecule has 1 atom stereocenters. The number of piperidine rings is 1. The second kappa shape index (κ2) is 5.25. The first kappa shape index (κ1) is 17.8. The molecular weight excluding hydrogens is 408 g/mol. The first-order valence-corrected chi connectivity index (χ1v) is 8.65. The number of alkyl halides is 2. The van der Waals surface area contributed by atoms with Gasteiger partial charge in [-0.05, 0) is 42.8 Å². The van der Waals surface area contributed by atoms with Gasteiger partial charge in [-0.15, -0.1) is 0 Å². The van der Waals surface area contributed by atoms with Crippen molar-refractivity contribution in [2.75, 3.05) is 13.1 Å². The minimum Gasteiger partial charge on any atom is -0.321 e. The quantitative estimate of drug-likeness (QED) is 0.697. The first-order valence-electron chi connectivity index (χ1n) is 7.48. The molecule has 1 aromatic heterocycles. The topological polar surface area (TPSA) is 54.3 Å². The van der Waals surface area contributed by atoms with E-state index in [0.29, 0.717) is 0 Å². The van der Waals surface area contributed by atoms with Gasteiger partial charge in [0.05, 0.1) is 9.50 Å². The third kappa shape index (κ3) is 2.34. The predicted octanol–water partition coefficient (Wildman–Crippen LogP) is 2.80. The molecule has 1 unspecified atom stereocenters. The summed E-state index contributed by atoms with van der Waals surface area (Å²) in [5.41, 5.74) is -3.46. The van der Waals surface area contributed by atoms with Gasteiger partial charge in [0.1, 0.15) is 5.69 Å². The van der Waals surface area contributed by atoms with Gasteiger partial charge in [0.2, 0.25) is 0 Å². The summed E-state index contributed by atoms with van der Waals surface area (Å²) in [4.78, 5) is 26.8. The highest BCUT2D eigenvalue weighted by Gasteiger charge is 2.64. The van der Waals surface area contributed by atoms with Gasteiger partial charge in [-0.25, -0.2) is 8.78 Å². The number of amides is 1. The monoisotopic (exact) mass is 423 g/mol.